The number of fused-ring (bicyclic) bond motifs is 1. The van der Waals surface area contributed by atoms with Crippen LogP contribution in [0.3, 0.4) is 0 Å². The number of rotatable bonds is 3. The predicted octanol–water partition coefficient (Wildman–Crippen LogP) is 3.32. The second-order valence-electron chi connectivity index (χ2n) is 3.86. The maximum absolute atomic E-state index is 13.8. The second kappa shape index (κ2) is 5.20. The van der Waals surface area contributed by atoms with Crippen LogP contribution >= 0.6 is 23.2 Å². The van der Waals surface area contributed by atoms with E-state index >= 15 is 0 Å². The quantitative estimate of drug-likeness (QED) is 0.642. The molecular weight excluding hydrogens is 278 g/mol. The van der Waals surface area contributed by atoms with Gasteiger partial charge in [-0.1, -0.05) is 18.5 Å². The molecule has 0 saturated heterocycles. The third kappa shape index (κ3) is 2.33. The topological polar surface area (TPSA) is 41.9 Å². The lowest BCUT2D eigenvalue weighted by atomic mass is 10.2. The fourth-order valence-electron chi connectivity index (χ4n) is 1.73. The lowest BCUT2D eigenvalue weighted by Gasteiger charge is -2.18. The third-order valence-corrected chi connectivity index (χ3v) is 2.95. The summed E-state index contributed by atoms with van der Waals surface area (Å²) in [5.41, 5.74) is 0.0907. The Morgan fingerprint density at radius 3 is 2.72 bits per heavy atom. The highest BCUT2D eigenvalue weighted by Gasteiger charge is 2.16. The maximum Gasteiger partial charge on any atom is 0.225 e. The van der Waals surface area contributed by atoms with Gasteiger partial charge in [-0.3, -0.25) is 0 Å². The van der Waals surface area contributed by atoms with Crippen LogP contribution in [-0.4, -0.2) is 28.5 Å². The minimum atomic E-state index is -0.676. The van der Waals surface area contributed by atoms with Gasteiger partial charge in [0.2, 0.25) is 5.28 Å². The van der Waals surface area contributed by atoms with Gasteiger partial charge in [0, 0.05) is 19.8 Å². The normalized spacial score (nSPS) is 10.9. The molecule has 96 valence electrons. The molecule has 2 aromatic heterocycles. The molecule has 0 spiro atoms. The second-order valence-corrected chi connectivity index (χ2v) is 4.56. The molecule has 0 radical (unpaired) electrons. The van der Waals surface area contributed by atoms with E-state index in [1.807, 2.05) is 18.9 Å². The average Bonchev–Trinajstić information content (AvgIpc) is 2.34. The van der Waals surface area contributed by atoms with Crippen LogP contribution in [0.15, 0.2) is 6.20 Å². The molecule has 0 unspecified atom stereocenters. The van der Waals surface area contributed by atoms with E-state index in [0.717, 1.165) is 13.0 Å². The summed E-state index contributed by atoms with van der Waals surface area (Å²) < 4.78 is 13.8. The van der Waals surface area contributed by atoms with Gasteiger partial charge in [0.05, 0.1) is 5.39 Å². The fourth-order valence-corrected chi connectivity index (χ4v) is 2.03. The van der Waals surface area contributed by atoms with Crippen molar-refractivity contribution < 1.29 is 4.39 Å². The Kier molecular flexibility index (Phi) is 3.82. The molecule has 0 amide bonds. The molecule has 0 aliphatic heterocycles. The highest BCUT2D eigenvalue weighted by atomic mass is 35.5. The molecule has 0 atom stereocenters. The monoisotopic (exact) mass is 288 g/mol. The standard InChI is InChI=1S/C11H11Cl2FN4/c1-3-4-18(2)10-6-5-15-9(12)7(14)8(6)16-11(13)17-10/h5H,3-4H2,1-2H3. The summed E-state index contributed by atoms with van der Waals surface area (Å²) >= 11 is 11.4. The van der Waals surface area contributed by atoms with Crippen LogP contribution in [-0.2, 0) is 0 Å². The Hall–Kier alpha value is -1.20. The molecule has 0 aliphatic carbocycles. The van der Waals surface area contributed by atoms with Crippen molar-refractivity contribution in [2.45, 2.75) is 13.3 Å². The number of anilines is 1. The Morgan fingerprint density at radius 1 is 1.33 bits per heavy atom. The van der Waals surface area contributed by atoms with Crippen molar-refractivity contribution >= 4 is 39.9 Å². The summed E-state index contributed by atoms with van der Waals surface area (Å²) in [6.45, 7) is 2.81. The van der Waals surface area contributed by atoms with Crippen LogP contribution in [0, 0.1) is 5.82 Å². The van der Waals surface area contributed by atoms with Crippen molar-refractivity contribution in [3.63, 3.8) is 0 Å². The summed E-state index contributed by atoms with van der Waals surface area (Å²) in [6.07, 6.45) is 2.39. The average molecular weight is 289 g/mol. The smallest absolute Gasteiger partial charge is 0.225 e. The van der Waals surface area contributed by atoms with Gasteiger partial charge >= 0.3 is 0 Å². The zero-order valence-electron chi connectivity index (χ0n) is 9.91. The Balaban J connectivity index is 2.70. The number of aromatic nitrogens is 3. The van der Waals surface area contributed by atoms with E-state index < -0.39 is 5.82 Å². The minimum absolute atomic E-state index is 0.0124. The molecule has 0 aromatic carbocycles. The van der Waals surface area contributed by atoms with Crippen molar-refractivity contribution in [1.29, 1.82) is 0 Å². The van der Waals surface area contributed by atoms with Crippen molar-refractivity contribution in [3.8, 4) is 0 Å². The van der Waals surface area contributed by atoms with Crippen LogP contribution in [0.4, 0.5) is 10.2 Å². The van der Waals surface area contributed by atoms with Crippen molar-refractivity contribution in [2.75, 3.05) is 18.5 Å². The van der Waals surface area contributed by atoms with Gasteiger partial charge in [-0.25, -0.2) is 14.4 Å². The van der Waals surface area contributed by atoms with Crippen LogP contribution in [0.25, 0.3) is 10.9 Å². The van der Waals surface area contributed by atoms with E-state index in [9.17, 15) is 4.39 Å². The van der Waals surface area contributed by atoms with Crippen molar-refractivity contribution in [2.24, 2.45) is 0 Å². The summed E-state index contributed by atoms with van der Waals surface area (Å²) in [6, 6.07) is 0. The summed E-state index contributed by atoms with van der Waals surface area (Å²) in [5, 5.41) is 0.264. The van der Waals surface area contributed by atoms with E-state index in [1.54, 1.807) is 0 Å². The molecule has 2 rings (SSSR count). The largest absolute Gasteiger partial charge is 0.359 e. The molecule has 0 saturated carbocycles. The van der Waals surface area contributed by atoms with E-state index in [0.29, 0.717) is 11.2 Å². The van der Waals surface area contributed by atoms with Crippen molar-refractivity contribution in [3.05, 3.63) is 22.5 Å². The Labute approximate surface area is 114 Å². The molecule has 0 fully saturated rings. The number of pyridine rings is 1. The Bertz CT molecular complexity index is 591. The van der Waals surface area contributed by atoms with Gasteiger partial charge in [0.15, 0.2) is 11.0 Å². The zero-order chi connectivity index (χ0) is 13.3. The summed E-state index contributed by atoms with van der Waals surface area (Å²) in [4.78, 5) is 13.6. The summed E-state index contributed by atoms with van der Waals surface area (Å²) in [5.74, 6) is -0.125. The van der Waals surface area contributed by atoms with E-state index in [4.69, 9.17) is 23.2 Å². The number of nitrogens with zero attached hydrogens (tertiary/aromatic N) is 4. The molecule has 0 bridgehead atoms. The molecule has 0 aliphatic rings. The highest BCUT2D eigenvalue weighted by molar-refractivity contribution is 6.30. The molecule has 2 aromatic rings. The van der Waals surface area contributed by atoms with E-state index in [1.165, 1.54) is 6.20 Å². The van der Waals surface area contributed by atoms with Crippen molar-refractivity contribution in [1.82, 2.24) is 15.0 Å². The molecule has 18 heavy (non-hydrogen) atoms. The van der Waals surface area contributed by atoms with Gasteiger partial charge < -0.3 is 4.90 Å². The van der Waals surface area contributed by atoms with Crippen LogP contribution < -0.4 is 4.90 Å². The van der Waals surface area contributed by atoms with Gasteiger partial charge in [-0.15, -0.1) is 0 Å². The van der Waals surface area contributed by atoms with Gasteiger partial charge in [0.1, 0.15) is 11.3 Å². The molecular formula is C11H11Cl2FN4. The first-order chi connectivity index (χ1) is 8.54. The predicted molar refractivity (Wildman–Crippen MR) is 70.9 cm³/mol. The van der Waals surface area contributed by atoms with Gasteiger partial charge in [0.25, 0.3) is 0 Å². The minimum Gasteiger partial charge on any atom is -0.359 e. The van der Waals surface area contributed by atoms with Crippen LogP contribution in [0.2, 0.25) is 10.4 Å². The summed E-state index contributed by atoms with van der Waals surface area (Å²) in [7, 11) is 1.86. The zero-order valence-corrected chi connectivity index (χ0v) is 11.4. The first-order valence-electron chi connectivity index (χ1n) is 5.43. The molecule has 4 nitrogen and oxygen atoms in total. The van der Waals surface area contributed by atoms with Crippen LogP contribution in [0.1, 0.15) is 13.3 Å². The first kappa shape index (κ1) is 13.2. The maximum atomic E-state index is 13.8. The highest BCUT2D eigenvalue weighted by Crippen LogP contribution is 2.28. The molecule has 7 heteroatoms. The first-order valence-corrected chi connectivity index (χ1v) is 6.18. The fraction of sp³-hybridized carbons (Fsp3) is 0.364. The third-order valence-electron chi connectivity index (χ3n) is 2.51. The van der Waals surface area contributed by atoms with E-state index in [2.05, 4.69) is 15.0 Å². The number of hydrogen-bond acceptors (Lipinski definition) is 4. The lowest BCUT2D eigenvalue weighted by molar-refractivity contribution is 0.631. The SMILES string of the molecule is CCCN(C)c1nc(Cl)nc2c(F)c(Cl)ncc12. The van der Waals surface area contributed by atoms with E-state index in [-0.39, 0.29) is 16.0 Å². The number of hydrogen-bond donors (Lipinski definition) is 0. The van der Waals surface area contributed by atoms with Gasteiger partial charge in [-0.05, 0) is 18.0 Å². The lowest BCUT2D eigenvalue weighted by Crippen LogP contribution is -2.20. The molecule has 0 N–H and O–H groups in total. The molecule has 2 heterocycles. The Morgan fingerprint density at radius 2 is 2.06 bits per heavy atom. The van der Waals surface area contributed by atoms with Crippen LogP contribution in [0.5, 0.6) is 0 Å². The number of halogens is 3. The van der Waals surface area contributed by atoms with Gasteiger partial charge in [-0.2, -0.15) is 4.98 Å².